The summed E-state index contributed by atoms with van der Waals surface area (Å²) in [5.41, 5.74) is 10.0. The third-order valence-corrected chi connectivity index (χ3v) is 3.25. The number of nitrogen functional groups attached to an aromatic ring is 1. The van der Waals surface area contributed by atoms with Crippen LogP contribution in [0, 0.1) is 13.8 Å². The highest BCUT2D eigenvalue weighted by Gasteiger charge is 2.06. The maximum absolute atomic E-state index is 6.05. The van der Waals surface area contributed by atoms with E-state index < -0.39 is 0 Å². The average molecular weight is 262 g/mol. The quantitative estimate of drug-likeness (QED) is 0.844. The first-order chi connectivity index (χ1) is 8.58. The van der Waals surface area contributed by atoms with Crippen molar-refractivity contribution in [2.24, 2.45) is 0 Å². The van der Waals surface area contributed by atoms with Gasteiger partial charge in [-0.25, -0.2) is 0 Å². The van der Waals surface area contributed by atoms with E-state index in [1.165, 1.54) is 11.1 Å². The van der Waals surface area contributed by atoms with Gasteiger partial charge in [-0.2, -0.15) is 0 Å². The molecule has 0 saturated heterocycles. The van der Waals surface area contributed by atoms with E-state index >= 15 is 0 Å². The third kappa shape index (κ3) is 2.77. The minimum atomic E-state index is 0.467. The lowest BCUT2D eigenvalue weighted by Gasteiger charge is -2.11. The summed E-state index contributed by atoms with van der Waals surface area (Å²) < 4.78 is 5.69. The van der Waals surface area contributed by atoms with Gasteiger partial charge in [-0.1, -0.05) is 35.9 Å². The Hall–Kier alpha value is -1.67. The lowest BCUT2D eigenvalue weighted by molar-refractivity contribution is 0.308. The molecule has 0 amide bonds. The zero-order valence-corrected chi connectivity index (χ0v) is 11.3. The van der Waals surface area contributed by atoms with Crippen molar-refractivity contribution >= 4 is 17.3 Å². The van der Waals surface area contributed by atoms with Crippen molar-refractivity contribution in [3.63, 3.8) is 0 Å². The van der Waals surface area contributed by atoms with Crippen molar-refractivity contribution in [2.75, 3.05) is 5.73 Å². The van der Waals surface area contributed by atoms with Crippen LogP contribution in [0.2, 0.25) is 5.02 Å². The largest absolute Gasteiger partial charge is 0.485 e. The fourth-order valence-corrected chi connectivity index (χ4v) is 1.96. The molecule has 0 aliphatic carbocycles. The Kier molecular flexibility index (Phi) is 3.78. The summed E-state index contributed by atoms with van der Waals surface area (Å²) in [6.07, 6.45) is 0. The first-order valence-corrected chi connectivity index (χ1v) is 6.18. The molecule has 0 fully saturated rings. The van der Waals surface area contributed by atoms with Gasteiger partial charge in [0.15, 0.2) is 5.75 Å². The van der Waals surface area contributed by atoms with Crippen LogP contribution in [-0.2, 0) is 6.61 Å². The molecular formula is C15H16ClNO. The Morgan fingerprint density at radius 3 is 2.56 bits per heavy atom. The Labute approximate surface area is 112 Å². The van der Waals surface area contributed by atoms with Crippen LogP contribution < -0.4 is 10.5 Å². The van der Waals surface area contributed by atoms with Crippen LogP contribution in [0.25, 0.3) is 0 Å². The van der Waals surface area contributed by atoms with Crippen molar-refractivity contribution < 1.29 is 4.74 Å². The second-order valence-electron chi connectivity index (χ2n) is 4.37. The Morgan fingerprint density at radius 2 is 1.89 bits per heavy atom. The molecule has 94 valence electrons. The number of hydrogen-bond donors (Lipinski definition) is 1. The second-order valence-corrected chi connectivity index (χ2v) is 4.77. The number of para-hydroxylation sites is 1. The highest BCUT2D eigenvalue weighted by atomic mass is 35.5. The highest BCUT2D eigenvalue weighted by molar-refractivity contribution is 6.32. The Balaban J connectivity index is 2.14. The van der Waals surface area contributed by atoms with Gasteiger partial charge >= 0.3 is 0 Å². The Morgan fingerprint density at radius 1 is 1.11 bits per heavy atom. The van der Waals surface area contributed by atoms with Gasteiger partial charge in [-0.05, 0) is 42.7 Å². The molecule has 0 aliphatic heterocycles. The van der Waals surface area contributed by atoms with Crippen LogP contribution in [0.3, 0.4) is 0 Å². The SMILES string of the molecule is Cc1ccc(COc2c(N)cccc2Cl)cc1C. The summed E-state index contributed by atoms with van der Waals surface area (Å²) in [6.45, 7) is 4.64. The minimum absolute atomic E-state index is 0.467. The molecule has 0 atom stereocenters. The van der Waals surface area contributed by atoms with Crippen molar-refractivity contribution in [1.82, 2.24) is 0 Å². The van der Waals surface area contributed by atoms with Gasteiger partial charge in [-0.15, -0.1) is 0 Å². The lowest BCUT2D eigenvalue weighted by atomic mass is 10.1. The van der Waals surface area contributed by atoms with Gasteiger partial charge in [0.25, 0.3) is 0 Å². The van der Waals surface area contributed by atoms with Crippen LogP contribution in [-0.4, -0.2) is 0 Å². The number of halogens is 1. The van der Waals surface area contributed by atoms with E-state index in [4.69, 9.17) is 22.1 Å². The van der Waals surface area contributed by atoms with Crippen LogP contribution in [0.1, 0.15) is 16.7 Å². The lowest BCUT2D eigenvalue weighted by Crippen LogP contribution is -2.00. The molecule has 0 aromatic heterocycles. The average Bonchev–Trinajstić information content (AvgIpc) is 2.33. The molecule has 0 aliphatic rings. The summed E-state index contributed by atoms with van der Waals surface area (Å²) in [4.78, 5) is 0. The number of hydrogen-bond acceptors (Lipinski definition) is 2. The number of rotatable bonds is 3. The maximum atomic E-state index is 6.05. The fourth-order valence-electron chi connectivity index (χ4n) is 1.73. The second kappa shape index (κ2) is 5.32. The van der Waals surface area contributed by atoms with Gasteiger partial charge in [0.2, 0.25) is 0 Å². The monoisotopic (exact) mass is 261 g/mol. The van der Waals surface area contributed by atoms with E-state index in [2.05, 4.69) is 32.0 Å². The summed E-state index contributed by atoms with van der Waals surface area (Å²) in [5.74, 6) is 0.553. The molecule has 18 heavy (non-hydrogen) atoms. The van der Waals surface area contributed by atoms with Crippen molar-refractivity contribution in [2.45, 2.75) is 20.5 Å². The first-order valence-electron chi connectivity index (χ1n) is 5.81. The van der Waals surface area contributed by atoms with Crippen LogP contribution >= 0.6 is 11.6 Å². The molecule has 2 aromatic carbocycles. The summed E-state index contributed by atoms with van der Waals surface area (Å²) in [5, 5.41) is 0.541. The topological polar surface area (TPSA) is 35.2 Å². The van der Waals surface area contributed by atoms with Gasteiger partial charge < -0.3 is 10.5 Å². The zero-order chi connectivity index (χ0) is 13.1. The molecule has 0 bridgehead atoms. The maximum Gasteiger partial charge on any atom is 0.161 e. The van der Waals surface area contributed by atoms with E-state index in [9.17, 15) is 0 Å². The van der Waals surface area contributed by atoms with E-state index in [-0.39, 0.29) is 0 Å². The van der Waals surface area contributed by atoms with Crippen molar-refractivity contribution in [1.29, 1.82) is 0 Å². The zero-order valence-electron chi connectivity index (χ0n) is 10.5. The predicted octanol–water partition coefficient (Wildman–Crippen LogP) is 4.12. The normalized spacial score (nSPS) is 10.4. The number of ether oxygens (including phenoxy) is 1. The number of anilines is 1. The van der Waals surface area contributed by atoms with E-state index in [0.717, 1.165) is 5.56 Å². The van der Waals surface area contributed by atoms with Gasteiger partial charge in [-0.3, -0.25) is 0 Å². The molecule has 0 radical (unpaired) electrons. The molecule has 2 rings (SSSR count). The predicted molar refractivity (Wildman–Crippen MR) is 76.1 cm³/mol. The number of benzene rings is 2. The first kappa shape index (κ1) is 12.8. The van der Waals surface area contributed by atoms with E-state index in [1.807, 2.05) is 0 Å². The molecule has 3 heteroatoms. The molecular weight excluding hydrogens is 246 g/mol. The minimum Gasteiger partial charge on any atom is -0.485 e. The molecule has 2 nitrogen and oxygen atoms in total. The molecule has 0 unspecified atom stereocenters. The summed E-state index contributed by atoms with van der Waals surface area (Å²) >= 11 is 6.05. The van der Waals surface area contributed by atoms with E-state index in [0.29, 0.717) is 23.1 Å². The molecule has 0 saturated carbocycles. The van der Waals surface area contributed by atoms with Gasteiger partial charge in [0, 0.05) is 0 Å². The van der Waals surface area contributed by atoms with Gasteiger partial charge in [0.1, 0.15) is 6.61 Å². The molecule has 2 aromatic rings. The summed E-state index contributed by atoms with van der Waals surface area (Å²) in [7, 11) is 0. The van der Waals surface area contributed by atoms with Crippen LogP contribution in [0.15, 0.2) is 36.4 Å². The van der Waals surface area contributed by atoms with Crippen molar-refractivity contribution in [3.05, 3.63) is 58.1 Å². The third-order valence-electron chi connectivity index (χ3n) is 2.95. The molecule has 2 N–H and O–H groups in total. The highest BCUT2D eigenvalue weighted by Crippen LogP contribution is 2.31. The van der Waals surface area contributed by atoms with Crippen molar-refractivity contribution in [3.8, 4) is 5.75 Å². The fraction of sp³-hybridized carbons (Fsp3) is 0.200. The molecule has 0 heterocycles. The number of nitrogens with two attached hydrogens (primary N) is 1. The number of aryl methyl sites for hydroxylation is 2. The Bertz CT molecular complexity index is 546. The van der Waals surface area contributed by atoms with Crippen LogP contribution in [0.5, 0.6) is 5.75 Å². The van der Waals surface area contributed by atoms with Crippen LogP contribution in [0.4, 0.5) is 5.69 Å². The summed E-state index contributed by atoms with van der Waals surface area (Å²) in [6, 6.07) is 11.6. The van der Waals surface area contributed by atoms with E-state index in [1.54, 1.807) is 18.2 Å². The standard InChI is InChI=1S/C15H16ClNO/c1-10-6-7-12(8-11(10)2)9-18-15-13(16)4-3-5-14(15)17/h3-8H,9,17H2,1-2H3. The smallest absolute Gasteiger partial charge is 0.161 e. The molecule has 0 spiro atoms. The van der Waals surface area contributed by atoms with Gasteiger partial charge in [0.05, 0.1) is 10.7 Å².